The van der Waals surface area contributed by atoms with Gasteiger partial charge in [0.15, 0.2) is 17.6 Å². The third-order valence-electron chi connectivity index (χ3n) is 5.21. The number of hydrogen-bond donors (Lipinski definition) is 1. The summed E-state index contributed by atoms with van der Waals surface area (Å²) >= 11 is 6.89. The third-order valence-corrected chi connectivity index (χ3v) is 6.39. The van der Waals surface area contributed by atoms with E-state index < -0.39 is 12.1 Å². The highest BCUT2D eigenvalue weighted by atomic mass is 79.9. The Morgan fingerprint density at radius 3 is 2.59 bits per heavy atom. The smallest absolute Gasteiger partial charge is 0.344 e. The number of rotatable bonds is 9. The molecule has 0 bridgehead atoms. The predicted molar refractivity (Wildman–Crippen MR) is 138 cm³/mol. The van der Waals surface area contributed by atoms with E-state index in [1.54, 1.807) is 18.2 Å². The van der Waals surface area contributed by atoms with Gasteiger partial charge in [0.1, 0.15) is 5.82 Å². The van der Waals surface area contributed by atoms with E-state index in [9.17, 15) is 9.59 Å². The Morgan fingerprint density at radius 2 is 1.94 bits per heavy atom. The number of carbonyl (C=O) groups is 1. The van der Waals surface area contributed by atoms with Gasteiger partial charge in [-0.15, -0.1) is 0 Å². The second-order valence-electron chi connectivity index (χ2n) is 7.65. The largest absolute Gasteiger partial charge is 0.490 e. The summed E-state index contributed by atoms with van der Waals surface area (Å²) in [6.07, 6.45) is 1.27. The van der Waals surface area contributed by atoms with Crippen molar-refractivity contribution in [1.82, 2.24) is 9.66 Å². The molecule has 10 heteroatoms. The molecule has 1 heterocycles. The number of nitrogens with zero attached hydrogens (tertiary/aromatic N) is 3. The van der Waals surface area contributed by atoms with Gasteiger partial charge < -0.3 is 14.6 Å². The number of aromatic nitrogens is 2. The van der Waals surface area contributed by atoms with E-state index in [0.29, 0.717) is 39.1 Å². The average Bonchev–Trinajstić information content (AvgIpc) is 2.80. The van der Waals surface area contributed by atoms with Crippen LogP contribution in [0.25, 0.3) is 10.9 Å². The molecular formula is C24H25Br2N3O5. The summed E-state index contributed by atoms with van der Waals surface area (Å²) in [7, 11) is 0. The first-order chi connectivity index (χ1) is 16.2. The fourth-order valence-corrected chi connectivity index (χ4v) is 3.94. The highest BCUT2D eigenvalue weighted by Gasteiger charge is 2.18. The molecule has 34 heavy (non-hydrogen) atoms. The van der Waals surface area contributed by atoms with Crippen molar-refractivity contribution < 1.29 is 19.4 Å². The zero-order valence-electron chi connectivity index (χ0n) is 19.2. The Hall–Kier alpha value is -2.72. The van der Waals surface area contributed by atoms with Crippen molar-refractivity contribution in [2.24, 2.45) is 5.10 Å². The number of aliphatic carboxylic acids is 1. The molecule has 0 saturated carbocycles. The fraction of sp³-hybridized carbons (Fsp3) is 0.333. The SMILES string of the molecule is CCOc1cc(C=Nn2c([C@H](C)CC)nc3ccc(Br)cc3c2=O)c(Br)cc1O[C@H](C)C(=O)O. The molecule has 2 aromatic carbocycles. The zero-order valence-corrected chi connectivity index (χ0v) is 22.4. The molecule has 8 nitrogen and oxygen atoms in total. The number of ether oxygens (including phenoxy) is 2. The Bertz CT molecular complexity index is 1310. The molecule has 0 aliphatic heterocycles. The van der Waals surface area contributed by atoms with Crippen LogP contribution in [0.2, 0.25) is 0 Å². The van der Waals surface area contributed by atoms with Gasteiger partial charge in [-0.3, -0.25) is 4.79 Å². The molecule has 1 aromatic heterocycles. The van der Waals surface area contributed by atoms with Gasteiger partial charge in [-0.2, -0.15) is 9.78 Å². The summed E-state index contributed by atoms with van der Waals surface area (Å²) in [6.45, 7) is 7.64. The molecule has 0 saturated heterocycles. The van der Waals surface area contributed by atoms with Crippen LogP contribution in [-0.2, 0) is 4.79 Å². The molecule has 180 valence electrons. The van der Waals surface area contributed by atoms with E-state index in [4.69, 9.17) is 19.6 Å². The number of carboxylic acids is 1. The van der Waals surface area contributed by atoms with Gasteiger partial charge in [0.2, 0.25) is 0 Å². The van der Waals surface area contributed by atoms with Crippen molar-refractivity contribution in [3.63, 3.8) is 0 Å². The molecule has 3 aromatic rings. The molecule has 0 fully saturated rings. The van der Waals surface area contributed by atoms with Gasteiger partial charge in [0.25, 0.3) is 5.56 Å². The van der Waals surface area contributed by atoms with Crippen LogP contribution in [0.5, 0.6) is 11.5 Å². The minimum Gasteiger partial charge on any atom is -0.490 e. The Kier molecular flexibility index (Phi) is 8.48. The lowest BCUT2D eigenvalue weighted by molar-refractivity contribution is -0.144. The topological polar surface area (TPSA) is 103 Å². The second-order valence-corrected chi connectivity index (χ2v) is 9.42. The first-order valence-electron chi connectivity index (χ1n) is 10.8. The maximum atomic E-state index is 13.3. The molecular weight excluding hydrogens is 570 g/mol. The van der Waals surface area contributed by atoms with Crippen molar-refractivity contribution in [1.29, 1.82) is 0 Å². The predicted octanol–water partition coefficient (Wildman–Crippen LogP) is 5.57. The number of benzene rings is 2. The molecule has 0 spiro atoms. The van der Waals surface area contributed by atoms with E-state index in [-0.39, 0.29) is 17.2 Å². The average molecular weight is 595 g/mol. The Morgan fingerprint density at radius 1 is 1.21 bits per heavy atom. The number of fused-ring (bicyclic) bond motifs is 1. The van der Waals surface area contributed by atoms with Crippen molar-refractivity contribution in [3.05, 3.63) is 61.0 Å². The molecule has 0 amide bonds. The maximum Gasteiger partial charge on any atom is 0.344 e. The molecule has 0 aliphatic carbocycles. The van der Waals surface area contributed by atoms with Crippen LogP contribution in [0.15, 0.2) is 49.2 Å². The fourth-order valence-electron chi connectivity index (χ4n) is 3.15. The van der Waals surface area contributed by atoms with Crippen molar-refractivity contribution in [2.75, 3.05) is 6.61 Å². The van der Waals surface area contributed by atoms with Crippen LogP contribution in [0.1, 0.15) is 51.4 Å². The number of halogens is 2. The maximum absolute atomic E-state index is 13.3. The highest BCUT2D eigenvalue weighted by Crippen LogP contribution is 2.34. The van der Waals surface area contributed by atoms with Crippen molar-refractivity contribution >= 4 is 54.9 Å². The van der Waals surface area contributed by atoms with Gasteiger partial charge in [-0.1, -0.05) is 29.8 Å². The van der Waals surface area contributed by atoms with Crippen LogP contribution in [0.4, 0.5) is 0 Å². The van der Waals surface area contributed by atoms with Crippen LogP contribution in [0.3, 0.4) is 0 Å². The van der Waals surface area contributed by atoms with E-state index in [1.807, 2.05) is 32.9 Å². The molecule has 0 unspecified atom stereocenters. The first-order valence-corrected chi connectivity index (χ1v) is 12.4. The minimum absolute atomic E-state index is 0.00797. The summed E-state index contributed by atoms with van der Waals surface area (Å²) in [5, 5.41) is 14.1. The number of hydrogen-bond acceptors (Lipinski definition) is 6. The molecule has 0 aliphatic rings. The summed E-state index contributed by atoms with van der Waals surface area (Å²) in [5.74, 6) is 0.144. The van der Waals surface area contributed by atoms with E-state index in [0.717, 1.165) is 10.9 Å². The lowest BCUT2D eigenvalue weighted by Crippen LogP contribution is -2.24. The third kappa shape index (κ3) is 5.67. The lowest BCUT2D eigenvalue weighted by Gasteiger charge is -2.16. The summed E-state index contributed by atoms with van der Waals surface area (Å²) in [4.78, 5) is 29.2. The second kappa shape index (κ2) is 11.1. The summed E-state index contributed by atoms with van der Waals surface area (Å²) in [6, 6.07) is 8.70. The van der Waals surface area contributed by atoms with Crippen LogP contribution in [-0.4, -0.2) is 39.7 Å². The molecule has 2 atom stereocenters. The highest BCUT2D eigenvalue weighted by molar-refractivity contribution is 9.10. The van der Waals surface area contributed by atoms with Crippen molar-refractivity contribution in [3.8, 4) is 11.5 Å². The lowest BCUT2D eigenvalue weighted by atomic mass is 10.1. The van der Waals surface area contributed by atoms with Gasteiger partial charge in [0.05, 0.1) is 23.7 Å². The monoisotopic (exact) mass is 593 g/mol. The Balaban J connectivity index is 2.11. The van der Waals surface area contributed by atoms with Crippen LogP contribution >= 0.6 is 31.9 Å². The van der Waals surface area contributed by atoms with Gasteiger partial charge in [-0.05, 0) is 66.5 Å². The molecule has 1 N–H and O–H groups in total. The van der Waals surface area contributed by atoms with Crippen LogP contribution in [0, 0.1) is 0 Å². The molecule has 0 radical (unpaired) electrons. The first kappa shape index (κ1) is 25.9. The van der Waals surface area contributed by atoms with E-state index in [1.165, 1.54) is 17.8 Å². The van der Waals surface area contributed by atoms with Gasteiger partial charge in [0, 0.05) is 20.4 Å². The van der Waals surface area contributed by atoms with Gasteiger partial charge in [-0.25, -0.2) is 9.78 Å². The van der Waals surface area contributed by atoms with Crippen molar-refractivity contribution in [2.45, 2.75) is 46.1 Å². The minimum atomic E-state index is -1.09. The number of carboxylic acid groups (broad SMARTS) is 1. The van der Waals surface area contributed by atoms with Gasteiger partial charge >= 0.3 is 5.97 Å². The quantitative estimate of drug-likeness (QED) is 0.325. The standard InChI is InChI=1S/C24H25Br2N3O5/c1-5-13(3)22-28-19-8-7-16(25)10-17(19)23(30)29(22)27-12-15-9-20(33-6-2)21(11-18(15)26)34-14(4)24(31)32/h7-14H,5-6H2,1-4H3,(H,31,32)/t13-,14-/m1/s1. The summed E-state index contributed by atoms with van der Waals surface area (Å²) < 4.78 is 13.9. The summed E-state index contributed by atoms with van der Waals surface area (Å²) in [5.41, 5.74) is 0.966. The zero-order chi connectivity index (χ0) is 25.0. The Labute approximate surface area is 213 Å². The van der Waals surface area contributed by atoms with E-state index >= 15 is 0 Å². The van der Waals surface area contributed by atoms with E-state index in [2.05, 4.69) is 37.0 Å². The normalized spacial score (nSPS) is 13.2. The molecule has 3 rings (SSSR count). The van der Waals surface area contributed by atoms with Crippen LogP contribution < -0.4 is 15.0 Å².